The van der Waals surface area contributed by atoms with Crippen LogP contribution in [0.1, 0.15) is 54.8 Å². The number of fused-ring (bicyclic) bond motifs is 1. The standard InChI is InChI=1S/C28H30F2N2O6/c1-28(2,3)21-8-5-16(12-23(21)37-27(29)30)11-22(33)26-20-7-6-18(36-4)13-17(20)9-10-32(26)25(35)15-19-14-24(34)31-38-19/h5-8,12-14,26-27H,9-11,15H2,1-4H3,(H,31,34). The van der Waals surface area contributed by atoms with Crippen molar-refractivity contribution in [2.45, 2.75) is 58.1 Å². The van der Waals surface area contributed by atoms with Crippen LogP contribution < -0.4 is 15.0 Å². The summed E-state index contributed by atoms with van der Waals surface area (Å²) in [6.07, 6.45) is 0.204. The molecule has 3 aromatic rings. The van der Waals surface area contributed by atoms with Gasteiger partial charge in [0.05, 0.1) is 13.5 Å². The van der Waals surface area contributed by atoms with E-state index in [-0.39, 0.29) is 42.6 Å². The number of amides is 1. The quantitative estimate of drug-likeness (QED) is 0.466. The molecular weight excluding hydrogens is 498 g/mol. The molecule has 0 saturated heterocycles. The van der Waals surface area contributed by atoms with E-state index in [1.807, 2.05) is 26.8 Å². The second kappa shape index (κ2) is 10.8. The molecule has 1 N–H and O–H groups in total. The summed E-state index contributed by atoms with van der Waals surface area (Å²) in [5.74, 6) is 0.152. The Morgan fingerprint density at radius 2 is 1.89 bits per heavy atom. The molecule has 202 valence electrons. The first-order valence-corrected chi connectivity index (χ1v) is 12.2. The number of Topliss-reactive ketones (excluding diaryl/α,β-unsaturated/α-hetero) is 1. The van der Waals surface area contributed by atoms with Crippen LogP contribution in [0.2, 0.25) is 0 Å². The number of hydrogen-bond acceptors (Lipinski definition) is 6. The third kappa shape index (κ3) is 5.95. The summed E-state index contributed by atoms with van der Waals surface area (Å²) in [4.78, 5) is 40.0. The Labute approximate surface area is 218 Å². The Bertz CT molecular complexity index is 1390. The van der Waals surface area contributed by atoms with Crippen LogP contribution >= 0.6 is 0 Å². The van der Waals surface area contributed by atoms with Gasteiger partial charge >= 0.3 is 6.61 Å². The Morgan fingerprint density at radius 1 is 1.13 bits per heavy atom. The van der Waals surface area contributed by atoms with Crippen molar-refractivity contribution < 1.29 is 32.4 Å². The van der Waals surface area contributed by atoms with Crippen molar-refractivity contribution in [2.24, 2.45) is 0 Å². The van der Waals surface area contributed by atoms with Gasteiger partial charge in [-0.2, -0.15) is 13.9 Å². The highest BCUT2D eigenvalue weighted by Crippen LogP contribution is 2.36. The minimum atomic E-state index is -3.01. The number of ether oxygens (including phenoxy) is 2. The zero-order valence-corrected chi connectivity index (χ0v) is 21.7. The van der Waals surface area contributed by atoms with E-state index >= 15 is 0 Å². The summed E-state index contributed by atoms with van der Waals surface area (Å²) in [7, 11) is 1.55. The highest BCUT2D eigenvalue weighted by atomic mass is 19.3. The molecule has 1 aliphatic heterocycles. The third-order valence-electron chi connectivity index (χ3n) is 6.55. The molecule has 8 nitrogen and oxygen atoms in total. The second-order valence-corrected chi connectivity index (χ2v) is 10.3. The maximum absolute atomic E-state index is 13.8. The fourth-order valence-electron chi connectivity index (χ4n) is 4.79. The molecule has 2 heterocycles. The van der Waals surface area contributed by atoms with E-state index in [0.717, 1.165) is 5.56 Å². The lowest BCUT2D eigenvalue weighted by molar-refractivity contribution is -0.140. The molecule has 38 heavy (non-hydrogen) atoms. The predicted molar refractivity (Wildman–Crippen MR) is 135 cm³/mol. The van der Waals surface area contributed by atoms with Gasteiger partial charge in [-0.3, -0.25) is 14.4 Å². The molecule has 0 fully saturated rings. The van der Waals surface area contributed by atoms with Crippen molar-refractivity contribution in [3.63, 3.8) is 0 Å². The third-order valence-corrected chi connectivity index (χ3v) is 6.55. The summed E-state index contributed by atoms with van der Waals surface area (Å²) in [5, 5.41) is 2.16. The molecule has 0 aliphatic carbocycles. The molecule has 2 aromatic carbocycles. The zero-order valence-electron chi connectivity index (χ0n) is 21.7. The van der Waals surface area contributed by atoms with Crippen molar-refractivity contribution in [1.82, 2.24) is 10.1 Å². The first kappa shape index (κ1) is 27.1. The molecule has 0 spiro atoms. The van der Waals surface area contributed by atoms with Crippen LogP contribution in [0.4, 0.5) is 8.78 Å². The van der Waals surface area contributed by atoms with Crippen molar-refractivity contribution in [2.75, 3.05) is 13.7 Å². The summed E-state index contributed by atoms with van der Waals surface area (Å²) in [6, 6.07) is 10.5. The number of nitrogens with zero attached hydrogens (tertiary/aromatic N) is 1. The van der Waals surface area contributed by atoms with Crippen molar-refractivity contribution in [3.8, 4) is 11.5 Å². The van der Waals surface area contributed by atoms with Crippen LogP contribution in [0.25, 0.3) is 0 Å². The number of carbonyl (C=O) groups excluding carboxylic acids is 2. The number of halogens is 2. The second-order valence-electron chi connectivity index (χ2n) is 10.3. The van der Waals surface area contributed by atoms with E-state index < -0.39 is 23.6 Å². The number of nitrogens with one attached hydrogen (secondary N) is 1. The first-order valence-electron chi connectivity index (χ1n) is 12.2. The maximum atomic E-state index is 13.8. The predicted octanol–water partition coefficient (Wildman–Crippen LogP) is 4.36. The smallest absolute Gasteiger partial charge is 0.387 e. The number of aromatic nitrogens is 1. The van der Waals surface area contributed by atoms with E-state index in [2.05, 4.69) is 5.16 Å². The SMILES string of the molecule is COc1ccc2c(c1)CCN(C(=O)Cc1cc(=O)[nH]o1)C2C(=O)Cc1ccc(C(C)(C)C)c(OC(F)F)c1. The molecule has 1 aliphatic rings. The Hall–Kier alpha value is -3.95. The summed E-state index contributed by atoms with van der Waals surface area (Å²) in [6.45, 7) is 2.91. The molecular formula is C28H30F2N2O6. The number of hydrogen-bond donors (Lipinski definition) is 1. The monoisotopic (exact) mass is 528 g/mol. The van der Waals surface area contributed by atoms with Gasteiger partial charge in [0.2, 0.25) is 5.91 Å². The average molecular weight is 529 g/mol. The highest BCUT2D eigenvalue weighted by molar-refractivity contribution is 5.92. The van der Waals surface area contributed by atoms with E-state index in [1.165, 1.54) is 17.0 Å². The molecule has 1 amide bonds. The number of alkyl halides is 2. The van der Waals surface area contributed by atoms with Gasteiger partial charge in [0.1, 0.15) is 23.3 Å². The van der Waals surface area contributed by atoms with E-state index in [9.17, 15) is 23.2 Å². The average Bonchev–Trinajstić information content (AvgIpc) is 3.26. The number of benzene rings is 2. The van der Waals surface area contributed by atoms with Crippen molar-refractivity contribution in [1.29, 1.82) is 0 Å². The van der Waals surface area contributed by atoms with Crippen LogP contribution in [0.15, 0.2) is 51.8 Å². The van der Waals surface area contributed by atoms with E-state index in [0.29, 0.717) is 28.9 Å². The normalized spacial score (nSPS) is 15.3. The minimum absolute atomic E-state index is 0.0157. The van der Waals surface area contributed by atoms with E-state index in [4.69, 9.17) is 14.0 Å². The van der Waals surface area contributed by atoms with Gasteiger partial charge < -0.3 is 18.9 Å². The lowest BCUT2D eigenvalue weighted by atomic mass is 9.84. The lowest BCUT2D eigenvalue weighted by Crippen LogP contribution is -2.44. The van der Waals surface area contributed by atoms with Gasteiger partial charge in [-0.15, -0.1) is 0 Å². The zero-order chi connectivity index (χ0) is 27.6. The fraction of sp³-hybridized carbons (Fsp3) is 0.393. The minimum Gasteiger partial charge on any atom is -0.497 e. The summed E-state index contributed by atoms with van der Waals surface area (Å²) >= 11 is 0. The Kier molecular flexibility index (Phi) is 7.71. The molecule has 1 atom stereocenters. The number of rotatable bonds is 8. The highest BCUT2D eigenvalue weighted by Gasteiger charge is 2.36. The van der Waals surface area contributed by atoms with Crippen molar-refractivity contribution in [3.05, 3.63) is 80.8 Å². The van der Waals surface area contributed by atoms with E-state index in [1.54, 1.807) is 31.4 Å². The molecule has 4 rings (SSSR count). The Morgan fingerprint density at radius 3 is 2.53 bits per heavy atom. The van der Waals surface area contributed by atoms with Gasteiger partial charge in [0.15, 0.2) is 5.78 Å². The topological polar surface area (TPSA) is 102 Å². The van der Waals surface area contributed by atoms with Crippen LogP contribution in [-0.2, 0) is 34.3 Å². The van der Waals surface area contributed by atoms with Gasteiger partial charge in [0.25, 0.3) is 5.56 Å². The number of methoxy groups -OCH3 is 1. The van der Waals surface area contributed by atoms with Gasteiger partial charge in [-0.1, -0.05) is 39.0 Å². The summed E-state index contributed by atoms with van der Waals surface area (Å²) < 4.78 is 41.4. The molecule has 0 bridgehead atoms. The first-order chi connectivity index (χ1) is 18.0. The number of H-pyrrole nitrogens is 1. The van der Waals surface area contributed by atoms with Gasteiger partial charge in [-0.25, -0.2) is 0 Å². The van der Waals surface area contributed by atoms with Crippen LogP contribution in [-0.4, -0.2) is 42.0 Å². The van der Waals surface area contributed by atoms with Crippen molar-refractivity contribution >= 4 is 11.7 Å². The van der Waals surface area contributed by atoms with Crippen LogP contribution in [0.3, 0.4) is 0 Å². The number of carbonyl (C=O) groups is 2. The lowest BCUT2D eigenvalue weighted by Gasteiger charge is -2.36. The number of ketones is 1. The van der Waals surface area contributed by atoms with Crippen LogP contribution in [0, 0.1) is 0 Å². The largest absolute Gasteiger partial charge is 0.497 e. The molecule has 1 unspecified atom stereocenters. The molecule has 0 saturated carbocycles. The van der Waals surface area contributed by atoms with Crippen LogP contribution in [0.5, 0.6) is 11.5 Å². The maximum Gasteiger partial charge on any atom is 0.387 e. The van der Waals surface area contributed by atoms with Gasteiger partial charge in [-0.05, 0) is 52.3 Å². The molecule has 10 heteroatoms. The molecule has 0 radical (unpaired) electrons. The number of aromatic amines is 1. The summed E-state index contributed by atoms with van der Waals surface area (Å²) in [5.41, 5.74) is 1.71. The Balaban J connectivity index is 1.67. The van der Waals surface area contributed by atoms with Gasteiger partial charge in [0, 0.05) is 19.0 Å². The molecule has 1 aromatic heterocycles. The fourth-order valence-corrected chi connectivity index (χ4v) is 4.79.